The molecule has 0 aliphatic heterocycles. The van der Waals surface area contributed by atoms with Gasteiger partial charge in [0, 0.05) is 36.6 Å². The average molecular weight is 411 g/mol. The number of halogens is 1. The molecule has 29 heavy (non-hydrogen) atoms. The lowest BCUT2D eigenvalue weighted by Gasteiger charge is -2.20. The molecule has 1 N–H and O–H groups in total. The van der Waals surface area contributed by atoms with Crippen LogP contribution in [0.15, 0.2) is 48.9 Å². The number of hydrogen-bond acceptors (Lipinski definition) is 5. The summed E-state index contributed by atoms with van der Waals surface area (Å²) in [5, 5.41) is 2.80. The van der Waals surface area contributed by atoms with Crippen molar-refractivity contribution in [2.45, 2.75) is 39.2 Å². The third-order valence-electron chi connectivity index (χ3n) is 4.74. The van der Waals surface area contributed by atoms with Crippen molar-refractivity contribution in [3.8, 4) is 17.0 Å². The summed E-state index contributed by atoms with van der Waals surface area (Å²) in [6, 6.07) is 9.67. The average Bonchev–Trinajstić information content (AvgIpc) is 2.72. The van der Waals surface area contributed by atoms with E-state index in [1.807, 2.05) is 36.5 Å². The molecule has 150 valence electrons. The van der Waals surface area contributed by atoms with Gasteiger partial charge in [0.05, 0.1) is 17.6 Å². The van der Waals surface area contributed by atoms with Crippen LogP contribution in [0.5, 0.6) is 5.88 Å². The van der Waals surface area contributed by atoms with E-state index in [2.05, 4.69) is 15.3 Å². The Bertz CT molecular complexity index is 995. The van der Waals surface area contributed by atoms with Crippen molar-refractivity contribution in [3.05, 3.63) is 65.9 Å². The van der Waals surface area contributed by atoms with Crippen molar-refractivity contribution in [1.29, 1.82) is 0 Å². The van der Waals surface area contributed by atoms with Crippen LogP contribution >= 0.6 is 12.4 Å². The second kappa shape index (κ2) is 9.47. The zero-order chi connectivity index (χ0) is 19.3. The van der Waals surface area contributed by atoms with Crippen LogP contribution in [0.1, 0.15) is 36.7 Å². The number of rotatable bonds is 5. The number of fused-ring (bicyclic) bond motifs is 1. The van der Waals surface area contributed by atoms with E-state index in [4.69, 9.17) is 9.72 Å². The van der Waals surface area contributed by atoms with E-state index >= 15 is 0 Å². The molecule has 0 radical (unpaired) electrons. The van der Waals surface area contributed by atoms with Crippen LogP contribution < -0.4 is 10.1 Å². The molecule has 0 aromatic carbocycles. The van der Waals surface area contributed by atoms with E-state index in [0.29, 0.717) is 18.2 Å². The minimum atomic E-state index is -0.116. The monoisotopic (exact) mass is 410 g/mol. The van der Waals surface area contributed by atoms with Gasteiger partial charge in [0.25, 0.3) is 0 Å². The van der Waals surface area contributed by atoms with E-state index < -0.39 is 0 Å². The maximum atomic E-state index is 11.4. The van der Waals surface area contributed by atoms with Crippen LogP contribution in [0.2, 0.25) is 0 Å². The molecule has 3 heterocycles. The highest BCUT2D eigenvalue weighted by atomic mass is 35.5. The van der Waals surface area contributed by atoms with Gasteiger partial charge >= 0.3 is 0 Å². The van der Waals surface area contributed by atoms with E-state index in [9.17, 15) is 4.79 Å². The number of carbonyl (C=O) groups excluding carboxylic acids is 1. The van der Waals surface area contributed by atoms with Crippen molar-refractivity contribution < 1.29 is 9.53 Å². The van der Waals surface area contributed by atoms with E-state index in [1.165, 1.54) is 12.5 Å². The predicted molar refractivity (Wildman–Crippen MR) is 114 cm³/mol. The van der Waals surface area contributed by atoms with Gasteiger partial charge in [0.2, 0.25) is 11.8 Å². The van der Waals surface area contributed by atoms with Crippen molar-refractivity contribution >= 4 is 24.0 Å². The predicted octanol–water partition coefficient (Wildman–Crippen LogP) is 4.38. The van der Waals surface area contributed by atoms with Crippen LogP contribution in [-0.4, -0.2) is 20.9 Å². The van der Waals surface area contributed by atoms with Gasteiger partial charge < -0.3 is 10.1 Å². The van der Waals surface area contributed by atoms with Crippen LogP contribution in [-0.2, 0) is 24.2 Å². The topological polar surface area (TPSA) is 77.0 Å². The van der Waals surface area contributed by atoms with Crippen LogP contribution in [0.4, 0.5) is 5.69 Å². The number of aryl methyl sites for hydroxylation is 1. The molecule has 3 aromatic heterocycles. The Hall–Kier alpha value is -2.99. The molecular weight excluding hydrogens is 388 g/mol. The van der Waals surface area contributed by atoms with Gasteiger partial charge in [0.15, 0.2) is 0 Å². The van der Waals surface area contributed by atoms with Gasteiger partial charge in [-0.25, -0.2) is 4.98 Å². The molecule has 4 rings (SSSR count). The lowest BCUT2D eigenvalue weighted by molar-refractivity contribution is -0.114. The number of pyridine rings is 3. The smallest absolute Gasteiger partial charge is 0.221 e. The molecule has 6 nitrogen and oxygen atoms in total. The summed E-state index contributed by atoms with van der Waals surface area (Å²) in [5.41, 5.74) is 5.90. The second-order valence-corrected chi connectivity index (χ2v) is 6.89. The summed E-state index contributed by atoms with van der Waals surface area (Å²) >= 11 is 0. The Balaban J connectivity index is 0.00000240. The fourth-order valence-electron chi connectivity index (χ4n) is 3.50. The van der Waals surface area contributed by atoms with Gasteiger partial charge in [-0.15, -0.1) is 12.4 Å². The highest BCUT2D eigenvalue weighted by molar-refractivity contribution is 5.89. The standard InChI is InChI=1S/C22H22N4O2.ClH/c1-15(27)25-18-10-16(12-23-13-18)20-11-22(26-21-8-3-2-7-19(20)21)28-14-17-6-4-5-9-24-17;/h4-6,9-13H,2-3,7-8,14H2,1H3,(H,25,27);1H. The molecule has 0 saturated carbocycles. The SMILES string of the molecule is CC(=O)Nc1cncc(-c2cc(OCc3ccccn3)nc3c2CCCC3)c1.Cl. The maximum Gasteiger partial charge on any atom is 0.221 e. The van der Waals surface area contributed by atoms with Gasteiger partial charge in [-0.1, -0.05) is 6.07 Å². The molecule has 1 amide bonds. The molecule has 1 aliphatic carbocycles. The highest BCUT2D eigenvalue weighted by Crippen LogP contribution is 2.34. The number of amides is 1. The molecule has 0 fully saturated rings. The number of carbonyl (C=O) groups is 1. The first kappa shape index (κ1) is 20.7. The summed E-state index contributed by atoms with van der Waals surface area (Å²) in [5.74, 6) is 0.473. The first-order valence-electron chi connectivity index (χ1n) is 9.47. The van der Waals surface area contributed by atoms with Gasteiger partial charge in [-0.2, -0.15) is 0 Å². The Morgan fingerprint density at radius 1 is 1.17 bits per heavy atom. The van der Waals surface area contributed by atoms with Crippen LogP contribution in [0.3, 0.4) is 0 Å². The quantitative estimate of drug-likeness (QED) is 0.675. The Labute approximate surface area is 176 Å². The van der Waals surface area contributed by atoms with E-state index in [1.54, 1.807) is 12.4 Å². The number of anilines is 1. The summed E-state index contributed by atoms with van der Waals surface area (Å²) in [6.45, 7) is 1.86. The molecular formula is C22H23ClN4O2. The zero-order valence-corrected chi connectivity index (χ0v) is 17.0. The molecule has 7 heteroatoms. The zero-order valence-electron chi connectivity index (χ0n) is 16.2. The molecule has 0 unspecified atom stereocenters. The van der Waals surface area contributed by atoms with Gasteiger partial charge in [-0.3, -0.25) is 14.8 Å². The normalized spacial score (nSPS) is 12.4. The van der Waals surface area contributed by atoms with Gasteiger partial charge in [0.1, 0.15) is 6.61 Å². The lowest BCUT2D eigenvalue weighted by atomic mass is 9.89. The molecule has 1 aliphatic rings. The van der Waals surface area contributed by atoms with Crippen molar-refractivity contribution in [2.24, 2.45) is 0 Å². The molecule has 0 bridgehead atoms. The Morgan fingerprint density at radius 3 is 2.83 bits per heavy atom. The Kier molecular flexibility index (Phi) is 6.77. The van der Waals surface area contributed by atoms with Crippen LogP contribution in [0.25, 0.3) is 11.1 Å². The van der Waals surface area contributed by atoms with Crippen molar-refractivity contribution in [2.75, 3.05) is 5.32 Å². The first-order valence-corrected chi connectivity index (χ1v) is 9.47. The van der Waals surface area contributed by atoms with E-state index in [0.717, 1.165) is 48.2 Å². The Morgan fingerprint density at radius 2 is 2.03 bits per heavy atom. The number of aromatic nitrogens is 3. The third-order valence-corrected chi connectivity index (χ3v) is 4.74. The molecule has 0 saturated heterocycles. The van der Waals surface area contributed by atoms with Crippen molar-refractivity contribution in [3.63, 3.8) is 0 Å². The summed E-state index contributed by atoms with van der Waals surface area (Å²) in [6.07, 6.45) is 9.44. The van der Waals surface area contributed by atoms with Gasteiger partial charge in [-0.05, 0) is 55.0 Å². The number of hydrogen-bond donors (Lipinski definition) is 1. The molecule has 0 atom stereocenters. The number of nitrogens with zero attached hydrogens (tertiary/aromatic N) is 3. The largest absolute Gasteiger partial charge is 0.471 e. The lowest BCUT2D eigenvalue weighted by Crippen LogP contribution is -2.10. The first-order chi connectivity index (χ1) is 13.7. The van der Waals surface area contributed by atoms with Crippen molar-refractivity contribution in [1.82, 2.24) is 15.0 Å². The maximum absolute atomic E-state index is 11.4. The minimum absolute atomic E-state index is 0. The summed E-state index contributed by atoms with van der Waals surface area (Å²) in [7, 11) is 0. The molecule has 3 aromatic rings. The molecule has 0 spiro atoms. The number of nitrogens with one attached hydrogen (secondary N) is 1. The third kappa shape index (κ3) is 5.09. The number of ether oxygens (including phenoxy) is 1. The fourth-order valence-corrected chi connectivity index (χ4v) is 3.50. The summed E-state index contributed by atoms with van der Waals surface area (Å²) < 4.78 is 5.95. The minimum Gasteiger partial charge on any atom is -0.471 e. The highest BCUT2D eigenvalue weighted by Gasteiger charge is 2.18. The van der Waals surface area contributed by atoms with Crippen LogP contribution in [0, 0.1) is 0 Å². The summed E-state index contributed by atoms with van der Waals surface area (Å²) in [4.78, 5) is 24.7. The fraction of sp³-hybridized carbons (Fsp3) is 0.273. The second-order valence-electron chi connectivity index (χ2n) is 6.89. The van der Waals surface area contributed by atoms with E-state index in [-0.39, 0.29) is 18.3 Å².